The summed E-state index contributed by atoms with van der Waals surface area (Å²) < 4.78 is 0. The topological polar surface area (TPSA) is 35.8 Å². The Balaban J connectivity index is 2.50. The van der Waals surface area contributed by atoms with E-state index in [4.69, 9.17) is 5.26 Å². The van der Waals surface area contributed by atoms with Crippen molar-refractivity contribution in [2.24, 2.45) is 11.8 Å². The second-order valence-electron chi connectivity index (χ2n) is 4.58. The average Bonchev–Trinajstić information content (AvgIpc) is 2.30. The van der Waals surface area contributed by atoms with Gasteiger partial charge in [-0.2, -0.15) is 5.26 Å². The van der Waals surface area contributed by atoms with E-state index in [9.17, 15) is 0 Å². The summed E-state index contributed by atoms with van der Waals surface area (Å²) in [5.74, 6) is 0.890. The number of hydrogen-bond donors (Lipinski definition) is 1. The minimum atomic E-state index is -0.0693. The van der Waals surface area contributed by atoms with E-state index in [1.807, 2.05) is 18.2 Å². The van der Waals surface area contributed by atoms with E-state index in [-0.39, 0.29) is 6.04 Å². The van der Waals surface area contributed by atoms with Crippen LogP contribution in [-0.4, -0.2) is 6.04 Å². The van der Waals surface area contributed by atoms with E-state index in [1.54, 1.807) is 0 Å². The van der Waals surface area contributed by atoms with Gasteiger partial charge in [0.25, 0.3) is 0 Å². The monoisotopic (exact) mass is 216 g/mol. The number of rotatable bonds is 5. The van der Waals surface area contributed by atoms with Crippen LogP contribution in [0, 0.1) is 23.2 Å². The van der Waals surface area contributed by atoms with Gasteiger partial charge >= 0.3 is 0 Å². The van der Waals surface area contributed by atoms with Crippen LogP contribution in [0.2, 0.25) is 0 Å². The van der Waals surface area contributed by atoms with Crippen molar-refractivity contribution in [2.45, 2.75) is 33.4 Å². The maximum atomic E-state index is 9.11. The summed E-state index contributed by atoms with van der Waals surface area (Å²) >= 11 is 0. The molecule has 0 amide bonds. The van der Waals surface area contributed by atoms with Crippen LogP contribution in [0.25, 0.3) is 0 Å². The molecule has 0 aliphatic heterocycles. The number of hydrogen-bond acceptors (Lipinski definition) is 2. The first kappa shape index (κ1) is 12.7. The Morgan fingerprint density at radius 2 is 1.81 bits per heavy atom. The Labute approximate surface area is 98.3 Å². The average molecular weight is 216 g/mol. The van der Waals surface area contributed by atoms with Crippen LogP contribution in [0.5, 0.6) is 0 Å². The van der Waals surface area contributed by atoms with Gasteiger partial charge in [-0.3, -0.25) is 5.32 Å². The van der Waals surface area contributed by atoms with Crippen molar-refractivity contribution in [1.82, 2.24) is 5.32 Å². The molecule has 1 aromatic rings. The molecule has 2 nitrogen and oxygen atoms in total. The lowest BCUT2D eigenvalue weighted by atomic mass is 9.91. The molecular formula is C14H20N2. The van der Waals surface area contributed by atoms with Crippen LogP contribution in [0.3, 0.4) is 0 Å². The maximum absolute atomic E-state index is 9.11. The fourth-order valence-electron chi connectivity index (χ4n) is 1.56. The van der Waals surface area contributed by atoms with Gasteiger partial charge in [-0.25, -0.2) is 0 Å². The molecule has 0 bridgehead atoms. The molecule has 1 aromatic carbocycles. The van der Waals surface area contributed by atoms with Gasteiger partial charge in [-0.15, -0.1) is 0 Å². The van der Waals surface area contributed by atoms with Crippen molar-refractivity contribution in [2.75, 3.05) is 0 Å². The normalized spacial score (nSPS) is 14.4. The molecule has 2 heteroatoms. The zero-order valence-electron chi connectivity index (χ0n) is 10.3. The number of nitrogens with zero attached hydrogens (tertiary/aromatic N) is 1. The van der Waals surface area contributed by atoms with Gasteiger partial charge in [0.05, 0.1) is 12.1 Å². The first-order chi connectivity index (χ1) is 7.65. The lowest BCUT2D eigenvalue weighted by Gasteiger charge is -2.22. The van der Waals surface area contributed by atoms with Crippen LogP contribution in [0.15, 0.2) is 30.3 Å². The minimum absolute atomic E-state index is 0.0693. The smallest absolute Gasteiger partial charge is 0.0983 e. The highest BCUT2D eigenvalue weighted by Crippen LogP contribution is 2.14. The molecule has 0 saturated carbocycles. The molecule has 0 aromatic heterocycles. The van der Waals surface area contributed by atoms with Crippen molar-refractivity contribution in [1.29, 1.82) is 5.26 Å². The van der Waals surface area contributed by atoms with Gasteiger partial charge in [0.1, 0.15) is 0 Å². The molecule has 1 N–H and O–H groups in total. The second kappa shape index (κ2) is 6.30. The number of benzene rings is 1. The predicted molar refractivity (Wildman–Crippen MR) is 66.7 cm³/mol. The van der Waals surface area contributed by atoms with Gasteiger partial charge in [-0.05, 0) is 17.4 Å². The minimum Gasteiger partial charge on any atom is -0.298 e. The van der Waals surface area contributed by atoms with Gasteiger partial charge in [-0.1, -0.05) is 51.1 Å². The van der Waals surface area contributed by atoms with Crippen molar-refractivity contribution >= 4 is 0 Å². The summed E-state index contributed by atoms with van der Waals surface area (Å²) in [6.45, 7) is 7.19. The standard InChI is InChI=1S/C14H20N2/c1-11(2)12(3)14(9-15)16-10-13-7-5-4-6-8-13/h4-8,11-12,14,16H,10H2,1-3H3. The first-order valence-electron chi connectivity index (χ1n) is 5.82. The van der Waals surface area contributed by atoms with E-state index >= 15 is 0 Å². The third kappa shape index (κ3) is 3.67. The zero-order chi connectivity index (χ0) is 12.0. The predicted octanol–water partition coefficient (Wildman–Crippen LogP) is 2.96. The molecule has 1 rings (SSSR count). The van der Waals surface area contributed by atoms with E-state index in [1.165, 1.54) is 5.56 Å². The molecule has 2 unspecified atom stereocenters. The van der Waals surface area contributed by atoms with Crippen molar-refractivity contribution in [3.8, 4) is 6.07 Å². The quantitative estimate of drug-likeness (QED) is 0.821. The summed E-state index contributed by atoms with van der Waals surface area (Å²) in [4.78, 5) is 0. The van der Waals surface area contributed by atoms with E-state index in [0.717, 1.165) is 6.54 Å². The molecular weight excluding hydrogens is 196 g/mol. The third-order valence-electron chi connectivity index (χ3n) is 3.09. The summed E-state index contributed by atoms with van der Waals surface area (Å²) in [6.07, 6.45) is 0. The Hall–Kier alpha value is -1.33. The molecule has 0 spiro atoms. The number of nitriles is 1. The fourth-order valence-corrected chi connectivity index (χ4v) is 1.56. The molecule has 0 heterocycles. The van der Waals surface area contributed by atoms with Crippen LogP contribution >= 0.6 is 0 Å². The van der Waals surface area contributed by atoms with E-state index in [2.05, 4.69) is 44.3 Å². The van der Waals surface area contributed by atoms with Crippen molar-refractivity contribution in [3.05, 3.63) is 35.9 Å². The Morgan fingerprint density at radius 1 is 1.19 bits per heavy atom. The van der Waals surface area contributed by atoms with Gasteiger partial charge in [0.2, 0.25) is 0 Å². The van der Waals surface area contributed by atoms with Crippen LogP contribution in [0.1, 0.15) is 26.3 Å². The molecule has 16 heavy (non-hydrogen) atoms. The SMILES string of the molecule is CC(C)C(C)C(C#N)NCc1ccccc1. The third-order valence-corrected chi connectivity index (χ3v) is 3.09. The molecule has 0 aliphatic rings. The summed E-state index contributed by atoms with van der Waals surface area (Å²) in [5.41, 5.74) is 1.22. The van der Waals surface area contributed by atoms with Crippen LogP contribution < -0.4 is 5.32 Å². The summed E-state index contributed by atoms with van der Waals surface area (Å²) in [6, 6.07) is 12.5. The highest BCUT2D eigenvalue weighted by Gasteiger charge is 2.18. The molecule has 0 aliphatic carbocycles. The van der Waals surface area contributed by atoms with Gasteiger partial charge in [0, 0.05) is 6.54 Å². The largest absolute Gasteiger partial charge is 0.298 e. The van der Waals surface area contributed by atoms with E-state index in [0.29, 0.717) is 11.8 Å². The highest BCUT2D eigenvalue weighted by atomic mass is 14.9. The molecule has 2 atom stereocenters. The molecule has 0 saturated heterocycles. The molecule has 0 radical (unpaired) electrons. The van der Waals surface area contributed by atoms with E-state index < -0.39 is 0 Å². The van der Waals surface area contributed by atoms with Crippen molar-refractivity contribution < 1.29 is 0 Å². The molecule has 86 valence electrons. The maximum Gasteiger partial charge on any atom is 0.0983 e. The zero-order valence-corrected chi connectivity index (χ0v) is 10.3. The van der Waals surface area contributed by atoms with Gasteiger partial charge in [0.15, 0.2) is 0 Å². The highest BCUT2D eigenvalue weighted by molar-refractivity contribution is 5.14. The summed E-state index contributed by atoms with van der Waals surface area (Å²) in [7, 11) is 0. The first-order valence-corrected chi connectivity index (χ1v) is 5.82. The Bertz CT molecular complexity index is 338. The fraction of sp³-hybridized carbons (Fsp3) is 0.500. The molecule has 0 fully saturated rings. The van der Waals surface area contributed by atoms with Gasteiger partial charge < -0.3 is 0 Å². The Morgan fingerprint density at radius 3 is 2.31 bits per heavy atom. The van der Waals surface area contributed by atoms with Crippen LogP contribution in [0.4, 0.5) is 0 Å². The number of nitrogens with one attached hydrogen (secondary N) is 1. The Kier molecular flexibility index (Phi) is 5.01. The van der Waals surface area contributed by atoms with Crippen molar-refractivity contribution in [3.63, 3.8) is 0 Å². The lowest BCUT2D eigenvalue weighted by Crippen LogP contribution is -2.35. The second-order valence-corrected chi connectivity index (χ2v) is 4.58. The summed E-state index contributed by atoms with van der Waals surface area (Å²) in [5, 5.41) is 12.4. The van der Waals surface area contributed by atoms with Crippen LogP contribution in [-0.2, 0) is 6.54 Å². The lowest BCUT2D eigenvalue weighted by molar-refractivity contribution is 0.343.